The smallest absolute Gasteiger partial charge is 0.307 e. The molecule has 0 fully saturated rings. The molecule has 27 heavy (non-hydrogen) atoms. The van der Waals surface area contributed by atoms with Crippen LogP contribution in [0.15, 0.2) is 36.4 Å². The van der Waals surface area contributed by atoms with E-state index >= 15 is 0 Å². The highest BCUT2D eigenvalue weighted by molar-refractivity contribution is 7.22. The summed E-state index contributed by atoms with van der Waals surface area (Å²) in [5.41, 5.74) is 0.190. The summed E-state index contributed by atoms with van der Waals surface area (Å²) in [7, 11) is 0. The summed E-state index contributed by atoms with van der Waals surface area (Å²) in [5, 5.41) is 9.51. The van der Waals surface area contributed by atoms with Gasteiger partial charge in [0.05, 0.1) is 22.3 Å². The van der Waals surface area contributed by atoms with Crippen LogP contribution in [0.1, 0.15) is 18.9 Å². The molecule has 1 amide bonds. The van der Waals surface area contributed by atoms with Crippen molar-refractivity contribution in [3.8, 4) is 5.75 Å². The number of nitrogens with zero attached hydrogens (tertiary/aromatic N) is 2. The number of aliphatic carboxylic acids is 1. The second kappa shape index (κ2) is 6.02. The maximum atomic E-state index is 14.1. The summed E-state index contributed by atoms with van der Waals surface area (Å²) in [6.07, 6.45) is -0.505. The molecule has 6 nitrogen and oxygen atoms in total. The highest BCUT2D eigenvalue weighted by atomic mass is 32.1. The van der Waals surface area contributed by atoms with Gasteiger partial charge in [0, 0.05) is 0 Å². The van der Waals surface area contributed by atoms with Crippen molar-refractivity contribution >= 4 is 44.2 Å². The molecular formula is C19H15FN2O4S. The molecule has 0 saturated carbocycles. The SMILES string of the molecule is Cc1ccc2c(c1)OC(C)(CC(=O)O)C(=O)N2c1nc2cccc(F)c2s1. The van der Waals surface area contributed by atoms with E-state index in [0.29, 0.717) is 21.7 Å². The van der Waals surface area contributed by atoms with Crippen molar-refractivity contribution in [2.75, 3.05) is 4.90 Å². The Labute approximate surface area is 157 Å². The summed E-state index contributed by atoms with van der Waals surface area (Å²) in [4.78, 5) is 30.2. The molecule has 3 aromatic rings. The molecule has 1 unspecified atom stereocenters. The molecule has 4 rings (SSSR count). The minimum atomic E-state index is -1.59. The minimum absolute atomic E-state index is 0.269. The van der Waals surface area contributed by atoms with Crippen LogP contribution in [-0.2, 0) is 9.59 Å². The number of amides is 1. The van der Waals surface area contributed by atoms with Crippen LogP contribution in [0.25, 0.3) is 10.2 Å². The van der Waals surface area contributed by atoms with Crippen LogP contribution < -0.4 is 9.64 Å². The number of rotatable bonds is 3. The number of benzene rings is 2. The van der Waals surface area contributed by atoms with E-state index in [9.17, 15) is 19.1 Å². The molecule has 1 aromatic heterocycles. The third-order valence-corrected chi connectivity index (χ3v) is 5.45. The molecule has 0 radical (unpaired) electrons. The molecule has 8 heteroatoms. The predicted octanol–water partition coefficient (Wildman–Crippen LogP) is 4.03. The lowest BCUT2D eigenvalue weighted by atomic mass is 9.97. The first-order valence-corrected chi connectivity index (χ1v) is 9.01. The van der Waals surface area contributed by atoms with E-state index in [0.717, 1.165) is 16.9 Å². The Kier molecular flexibility index (Phi) is 3.88. The third kappa shape index (κ3) is 2.82. The van der Waals surface area contributed by atoms with E-state index in [1.54, 1.807) is 24.3 Å². The molecular weight excluding hydrogens is 371 g/mol. The molecule has 0 aliphatic carbocycles. The Morgan fingerprint density at radius 2 is 2.15 bits per heavy atom. The van der Waals surface area contributed by atoms with E-state index in [-0.39, 0.29) is 5.13 Å². The first-order valence-electron chi connectivity index (χ1n) is 8.19. The molecule has 2 heterocycles. The minimum Gasteiger partial charge on any atom is -0.481 e. The second-order valence-corrected chi connectivity index (χ2v) is 7.58. The number of carboxylic acid groups (broad SMARTS) is 1. The number of thiazole rings is 1. The van der Waals surface area contributed by atoms with Crippen LogP contribution in [-0.4, -0.2) is 27.6 Å². The summed E-state index contributed by atoms with van der Waals surface area (Å²) in [5.74, 6) is -1.74. The van der Waals surface area contributed by atoms with E-state index in [2.05, 4.69) is 4.98 Å². The van der Waals surface area contributed by atoms with Crippen molar-refractivity contribution in [1.82, 2.24) is 4.98 Å². The highest BCUT2D eigenvalue weighted by Crippen LogP contribution is 2.45. The normalized spacial score (nSPS) is 19.1. The fraction of sp³-hybridized carbons (Fsp3) is 0.211. The highest BCUT2D eigenvalue weighted by Gasteiger charge is 2.47. The largest absolute Gasteiger partial charge is 0.481 e. The first-order chi connectivity index (χ1) is 12.8. The van der Waals surface area contributed by atoms with Crippen LogP contribution in [0.2, 0.25) is 0 Å². The Balaban J connectivity index is 1.92. The monoisotopic (exact) mass is 386 g/mol. The van der Waals surface area contributed by atoms with E-state index < -0.39 is 29.7 Å². The van der Waals surface area contributed by atoms with Gasteiger partial charge in [-0.3, -0.25) is 9.59 Å². The van der Waals surface area contributed by atoms with Crippen molar-refractivity contribution in [3.63, 3.8) is 0 Å². The number of carbonyl (C=O) groups excluding carboxylic acids is 1. The van der Waals surface area contributed by atoms with Gasteiger partial charge in [0.1, 0.15) is 11.6 Å². The van der Waals surface area contributed by atoms with Crippen LogP contribution in [0.5, 0.6) is 5.75 Å². The Bertz CT molecular complexity index is 1100. The van der Waals surface area contributed by atoms with E-state index in [4.69, 9.17) is 4.74 Å². The number of anilines is 2. The Hall–Kier alpha value is -3.00. The molecule has 0 saturated heterocycles. The lowest BCUT2D eigenvalue weighted by Gasteiger charge is -2.38. The van der Waals surface area contributed by atoms with Crippen molar-refractivity contribution in [2.24, 2.45) is 0 Å². The van der Waals surface area contributed by atoms with Gasteiger partial charge in [0.2, 0.25) is 0 Å². The summed E-state index contributed by atoms with van der Waals surface area (Å²) < 4.78 is 20.2. The second-order valence-electron chi connectivity index (χ2n) is 6.60. The average molecular weight is 386 g/mol. The van der Waals surface area contributed by atoms with Crippen molar-refractivity contribution in [2.45, 2.75) is 25.9 Å². The van der Waals surface area contributed by atoms with Gasteiger partial charge in [0.15, 0.2) is 10.7 Å². The number of hydrogen-bond donors (Lipinski definition) is 1. The molecule has 1 N–H and O–H groups in total. The fourth-order valence-corrected chi connectivity index (χ4v) is 4.09. The topological polar surface area (TPSA) is 79.7 Å². The quantitative estimate of drug-likeness (QED) is 0.735. The van der Waals surface area contributed by atoms with Crippen molar-refractivity contribution < 1.29 is 23.8 Å². The number of aromatic nitrogens is 1. The average Bonchev–Trinajstić information content (AvgIpc) is 3.00. The van der Waals surface area contributed by atoms with Gasteiger partial charge in [-0.15, -0.1) is 0 Å². The molecule has 2 aromatic carbocycles. The van der Waals surface area contributed by atoms with Gasteiger partial charge < -0.3 is 9.84 Å². The lowest BCUT2D eigenvalue weighted by Crippen LogP contribution is -2.53. The van der Waals surface area contributed by atoms with Crippen molar-refractivity contribution in [3.05, 3.63) is 47.8 Å². The molecule has 0 spiro atoms. The zero-order valence-electron chi connectivity index (χ0n) is 14.5. The summed E-state index contributed by atoms with van der Waals surface area (Å²) >= 11 is 1.04. The molecule has 1 atom stereocenters. The molecule has 1 aliphatic rings. The Morgan fingerprint density at radius 1 is 1.37 bits per heavy atom. The zero-order chi connectivity index (χ0) is 19.3. The number of hydrogen-bond acceptors (Lipinski definition) is 5. The standard InChI is InChI=1S/C19H15FN2O4S/c1-10-6-7-13-14(8-10)26-19(2,9-15(23)24)17(25)22(13)18-21-12-5-3-4-11(20)16(12)27-18/h3-8H,9H2,1-2H3,(H,23,24). The summed E-state index contributed by atoms with van der Waals surface area (Å²) in [6.45, 7) is 3.31. The fourth-order valence-electron chi connectivity index (χ4n) is 3.11. The first kappa shape index (κ1) is 17.4. The maximum absolute atomic E-state index is 14.1. The molecule has 138 valence electrons. The number of carbonyl (C=O) groups is 2. The van der Waals surface area contributed by atoms with Crippen LogP contribution in [0.4, 0.5) is 15.2 Å². The van der Waals surface area contributed by atoms with Gasteiger partial charge >= 0.3 is 5.97 Å². The number of ether oxygens (including phenoxy) is 1. The van der Waals surface area contributed by atoms with Crippen molar-refractivity contribution in [1.29, 1.82) is 0 Å². The number of carboxylic acids is 1. The van der Waals surface area contributed by atoms with Crippen LogP contribution in [0, 0.1) is 12.7 Å². The van der Waals surface area contributed by atoms with Crippen LogP contribution in [0.3, 0.4) is 0 Å². The van der Waals surface area contributed by atoms with Gasteiger partial charge in [-0.2, -0.15) is 0 Å². The maximum Gasteiger partial charge on any atom is 0.307 e. The number of aryl methyl sites for hydroxylation is 1. The van der Waals surface area contributed by atoms with Gasteiger partial charge in [-0.05, 0) is 43.7 Å². The zero-order valence-corrected chi connectivity index (χ0v) is 15.3. The number of halogens is 1. The predicted molar refractivity (Wildman–Crippen MR) is 99.2 cm³/mol. The van der Waals surface area contributed by atoms with Gasteiger partial charge in [-0.1, -0.05) is 23.5 Å². The number of fused-ring (bicyclic) bond motifs is 2. The van der Waals surface area contributed by atoms with Gasteiger partial charge in [-0.25, -0.2) is 14.3 Å². The third-order valence-electron chi connectivity index (χ3n) is 4.38. The molecule has 1 aliphatic heterocycles. The Morgan fingerprint density at radius 3 is 2.85 bits per heavy atom. The summed E-state index contributed by atoms with van der Waals surface area (Å²) in [6, 6.07) is 9.81. The van der Waals surface area contributed by atoms with Crippen LogP contribution >= 0.6 is 11.3 Å². The lowest BCUT2D eigenvalue weighted by molar-refractivity contribution is -0.148. The van der Waals surface area contributed by atoms with Gasteiger partial charge in [0.25, 0.3) is 5.91 Å². The van der Waals surface area contributed by atoms with E-state index in [1.165, 1.54) is 17.9 Å². The molecule has 0 bridgehead atoms. The van der Waals surface area contributed by atoms with E-state index in [1.807, 2.05) is 13.0 Å².